The van der Waals surface area contributed by atoms with Crippen molar-refractivity contribution >= 4 is 17.5 Å². The van der Waals surface area contributed by atoms with Gasteiger partial charge >= 0.3 is 0 Å². The molecule has 1 amide bonds. The average Bonchev–Trinajstić information content (AvgIpc) is 2.38. The topological polar surface area (TPSA) is 58.1 Å². The summed E-state index contributed by atoms with van der Waals surface area (Å²) >= 11 is 5.62. The molecule has 1 aliphatic rings. The Bertz CT molecular complexity index is 401. The third-order valence-corrected chi connectivity index (χ3v) is 3.44. The second-order valence-electron chi connectivity index (χ2n) is 4.68. The highest BCUT2D eigenvalue weighted by Gasteiger charge is 2.17. The maximum atomic E-state index is 11.8. The van der Waals surface area contributed by atoms with Crippen LogP contribution in [-0.2, 0) is 0 Å². The summed E-state index contributed by atoms with van der Waals surface area (Å²) in [6, 6.07) is 0. The van der Waals surface area contributed by atoms with Crippen LogP contribution in [0.5, 0.6) is 0 Å². The van der Waals surface area contributed by atoms with Crippen LogP contribution in [0.3, 0.4) is 0 Å². The number of piperidine rings is 1. The van der Waals surface area contributed by atoms with Crippen LogP contribution in [0, 0.1) is 5.92 Å². The number of hydrogen-bond acceptors (Lipinski definition) is 4. The van der Waals surface area contributed by atoms with Crippen molar-refractivity contribution in [2.24, 2.45) is 5.92 Å². The van der Waals surface area contributed by atoms with Gasteiger partial charge in [0.25, 0.3) is 5.91 Å². The van der Waals surface area contributed by atoms with Crippen LogP contribution >= 0.6 is 11.6 Å². The van der Waals surface area contributed by atoms with Crippen molar-refractivity contribution in [2.75, 3.05) is 26.7 Å². The lowest BCUT2D eigenvalue weighted by atomic mass is 9.97. The molecule has 1 fully saturated rings. The van der Waals surface area contributed by atoms with Crippen LogP contribution < -0.4 is 5.32 Å². The number of aromatic nitrogens is 2. The Labute approximate surface area is 112 Å². The highest BCUT2D eigenvalue weighted by Crippen LogP contribution is 2.14. The van der Waals surface area contributed by atoms with Gasteiger partial charge in [-0.3, -0.25) is 4.79 Å². The van der Waals surface area contributed by atoms with Crippen LogP contribution in [0.4, 0.5) is 0 Å². The van der Waals surface area contributed by atoms with Crippen LogP contribution in [0.1, 0.15) is 23.3 Å². The summed E-state index contributed by atoms with van der Waals surface area (Å²) in [6.45, 7) is 2.90. The van der Waals surface area contributed by atoms with E-state index in [-0.39, 0.29) is 5.91 Å². The predicted molar refractivity (Wildman–Crippen MR) is 69.6 cm³/mol. The largest absolute Gasteiger partial charge is 0.350 e. The van der Waals surface area contributed by atoms with E-state index in [0.29, 0.717) is 23.3 Å². The Kier molecular flexibility index (Phi) is 4.49. The number of nitrogens with one attached hydrogen (secondary N) is 1. The van der Waals surface area contributed by atoms with Crippen molar-refractivity contribution in [3.05, 3.63) is 23.2 Å². The van der Waals surface area contributed by atoms with Gasteiger partial charge in [0.15, 0.2) is 0 Å². The van der Waals surface area contributed by atoms with Gasteiger partial charge in [0.2, 0.25) is 0 Å². The Morgan fingerprint density at radius 1 is 1.44 bits per heavy atom. The van der Waals surface area contributed by atoms with Crippen molar-refractivity contribution in [2.45, 2.75) is 12.8 Å². The number of rotatable bonds is 3. The second-order valence-corrected chi connectivity index (χ2v) is 5.07. The molecule has 1 N–H and O–H groups in total. The first-order valence-electron chi connectivity index (χ1n) is 6.09. The predicted octanol–water partition coefficient (Wildman–Crippen LogP) is 1.20. The zero-order valence-corrected chi connectivity index (χ0v) is 11.2. The molecule has 2 heterocycles. The van der Waals surface area contributed by atoms with Crippen LogP contribution in [0.25, 0.3) is 0 Å². The van der Waals surface area contributed by atoms with Gasteiger partial charge in [-0.2, -0.15) is 0 Å². The first-order valence-corrected chi connectivity index (χ1v) is 6.47. The van der Waals surface area contributed by atoms with Gasteiger partial charge in [0.05, 0.1) is 12.4 Å². The first-order chi connectivity index (χ1) is 8.65. The summed E-state index contributed by atoms with van der Waals surface area (Å²) in [5.41, 5.74) is 0.312. The number of amides is 1. The first kappa shape index (κ1) is 13.2. The minimum atomic E-state index is -0.182. The fraction of sp³-hybridized carbons (Fsp3) is 0.583. The number of hydrogen-bond donors (Lipinski definition) is 1. The quantitative estimate of drug-likeness (QED) is 0.895. The molecule has 5 nitrogen and oxygen atoms in total. The molecule has 1 aromatic heterocycles. The van der Waals surface area contributed by atoms with Crippen molar-refractivity contribution in [1.29, 1.82) is 0 Å². The van der Waals surface area contributed by atoms with Crippen molar-refractivity contribution < 1.29 is 4.79 Å². The molecule has 0 spiro atoms. The number of likely N-dealkylation sites (tertiary alicyclic amines) is 1. The molecule has 1 aromatic rings. The van der Waals surface area contributed by atoms with Crippen LogP contribution in [0.2, 0.25) is 5.15 Å². The summed E-state index contributed by atoms with van der Waals surface area (Å²) in [6.07, 6.45) is 5.03. The van der Waals surface area contributed by atoms with E-state index in [0.717, 1.165) is 25.9 Å². The Morgan fingerprint density at radius 2 is 2.17 bits per heavy atom. The molecular weight excluding hydrogens is 252 g/mol. The van der Waals surface area contributed by atoms with E-state index in [1.165, 1.54) is 12.4 Å². The van der Waals surface area contributed by atoms with Gasteiger partial charge in [-0.15, -0.1) is 0 Å². The highest BCUT2D eigenvalue weighted by atomic mass is 35.5. The molecule has 1 aliphatic heterocycles. The molecule has 2 rings (SSSR count). The van der Waals surface area contributed by atoms with E-state index < -0.39 is 0 Å². The molecule has 1 saturated heterocycles. The van der Waals surface area contributed by atoms with Crippen molar-refractivity contribution in [1.82, 2.24) is 20.2 Å². The van der Waals surface area contributed by atoms with Gasteiger partial charge in [0.1, 0.15) is 10.8 Å². The summed E-state index contributed by atoms with van der Waals surface area (Å²) in [7, 11) is 2.12. The molecule has 6 heteroatoms. The van der Waals surface area contributed by atoms with Gasteiger partial charge in [-0.25, -0.2) is 9.97 Å². The smallest absolute Gasteiger partial charge is 0.271 e. The molecule has 0 saturated carbocycles. The Morgan fingerprint density at radius 3 is 2.78 bits per heavy atom. The van der Waals surface area contributed by atoms with E-state index in [2.05, 4.69) is 27.2 Å². The van der Waals surface area contributed by atoms with E-state index in [1.54, 1.807) is 0 Å². The zero-order chi connectivity index (χ0) is 13.0. The molecule has 0 radical (unpaired) electrons. The monoisotopic (exact) mass is 268 g/mol. The van der Waals surface area contributed by atoms with Gasteiger partial charge in [0, 0.05) is 6.54 Å². The van der Waals surface area contributed by atoms with Gasteiger partial charge in [-0.1, -0.05) is 11.6 Å². The third-order valence-electron chi connectivity index (χ3n) is 3.24. The summed E-state index contributed by atoms with van der Waals surface area (Å²) in [4.78, 5) is 21.9. The maximum absolute atomic E-state index is 11.8. The standard InChI is InChI=1S/C12H17ClN4O/c1-17-4-2-9(3-5-17)6-16-12(18)10-7-15-11(13)8-14-10/h7-9H,2-6H2,1H3,(H,16,18). The Balaban J connectivity index is 1.79. The molecule has 18 heavy (non-hydrogen) atoms. The number of carbonyl (C=O) groups excluding carboxylic acids is 1. The lowest BCUT2D eigenvalue weighted by Crippen LogP contribution is -2.37. The molecule has 0 unspecified atom stereocenters. The van der Waals surface area contributed by atoms with Crippen molar-refractivity contribution in [3.8, 4) is 0 Å². The van der Waals surface area contributed by atoms with Crippen molar-refractivity contribution in [3.63, 3.8) is 0 Å². The lowest BCUT2D eigenvalue weighted by molar-refractivity contribution is 0.0933. The Hall–Kier alpha value is -1.20. The van der Waals surface area contributed by atoms with E-state index in [4.69, 9.17) is 11.6 Å². The van der Waals surface area contributed by atoms with E-state index >= 15 is 0 Å². The average molecular weight is 269 g/mol. The summed E-state index contributed by atoms with van der Waals surface area (Å²) in [5, 5.41) is 3.19. The van der Waals surface area contributed by atoms with Crippen LogP contribution in [-0.4, -0.2) is 47.5 Å². The number of nitrogens with zero attached hydrogens (tertiary/aromatic N) is 3. The number of halogens is 1. The van der Waals surface area contributed by atoms with E-state index in [1.807, 2.05) is 0 Å². The minimum Gasteiger partial charge on any atom is -0.350 e. The molecule has 0 atom stereocenters. The van der Waals surface area contributed by atoms with Gasteiger partial charge < -0.3 is 10.2 Å². The maximum Gasteiger partial charge on any atom is 0.271 e. The van der Waals surface area contributed by atoms with Crippen LogP contribution in [0.15, 0.2) is 12.4 Å². The fourth-order valence-corrected chi connectivity index (χ4v) is 2.12. The fourth-order valence-electron chi connectivity index (χ4n) is 2.02. The SMILES string of the molecule is CN1CCC(CNC(=O)c2cnc(Cl)cn2)CC1. The molecule has 0 bridgehead atoms. The van der Waals surface area contributed by atoms with Gasteiger partial charge in [-0.05, 0) is 38.9 Å². The molecule has 0 aromatic carbocycles. The number of carbonyl (C=O) groups is 1. The third kappa shape index (κ3) is 3.65. The second kappa shape index (κ2) is 6.11. The molecular formula is C12H17ClN4O. The summed E-state index contributed by atoms with van der Waals surface area (Å²) in [5.74, 6) is 0.378. The highest BCUT2D eigenvalue weighted by molar-refractivity contribution is 6.29. The van der Waals surface area contributed by atoms with E-state index in [9.17, 15) is 4.79 Å². The lowest BCUT2D eigenvalue weighted by Gasteiger charge is -2.28. The summed E-state index contributed by atoms with van der Waals surface area (Å²) < 4.78 is 0. The minimum absolute atomic E-state index is 0.182. The molecule has 98 valence electrons. The zero-order valence-electron chi connectivity index (χ0n) is 10.4. The normalized spacial score (nSPS) is 17.7. The molecule has 0 aliphatic carbocycles.